The van der Waals surface area contributed by atoms with Gasteiger partial charge in [0.2, 0.25) is 5.91 Å². The Morgan fingerprint density at radius 2 is 1.50 bits per heavy atom. The Kier molecular flexibility index (Phi) is 9.48. The predicted octanol–water partition coefficient (Wildman–Crippen LogP) is 8.48. The zero-order chi connectivity index (χ0) is 36.5. The topological polar surface area (TPSA) is 84.9 Å². The van der Waals surface area contributed by atoms with Crippen LogP contribution in [0.15, 0.2) is 35.9 Å². The van der Waals surface area contributed by atoms with Gasteiger partial charge in [-0.05, 0) is 130 Å². The van der Waals surface area contributed by atoms with E-state index in [0.29, 0.717) is 18.4 Å². The van der Waals surface area contributed by atoms with E-state index in [-0.39, 0.29) is 61.5 Å². The highest BCUT2D eigenvalue weighted by Crippen LogP contribution is 2.76. The number of nitrogens with one attached hydrogen (secondary N) is 1. The zero-order valence-corrected chi connectivity index (χ0v) is 32.7. The molecule has 0 spiro atoms. The number of likely N-dealkylation sites (N-methyl/N-ethyl adjacent to an activating group) is 1. The van der Waals surface area contributed by atoms with E-state index in [2.05, 4.69) is 78.9 Å². The molecule has 276 valence electrons. The van der Waals surface area contributed by atoms with E-state index in [9.17, 15) is 14.4 Å². The number of nitrogens with zero attached hydrogens (tertiary/aromatic N) is 1. The summed E-state index contributed by atoms with van der Waals surface area (Å²) in [5.74, 6) is 0.503. The summed E-state index contributed by atoms with van der Waals surface area (Å²) in [6, 6.07) is 6.79. The highest BCUT2D eigenvalue weighted by Gasteiger charge is 2.69. The van der Waals surface area contributed by atoms with Crippen LogP contribution in [0.2, 0.25) is 0 Å². The van der Waals surface area contributed by atoms with Crippen LogP contribution in [-0.2, 0) is 14.3 Å². The average molecular weight is 689 g/mol. The smallest absolute Gasteiger partial charge is 0.339 e. The molecule has 1 aromatic carbocycles. The van der Waals surface area contributed by atoms with Crippen LogP contribution in [0.25, 0.3) is 0 Å². The molecule has 6 rings (SSSR count). The van der Waals surface area contributed by atoms with E-state index in [4.69, 9.17) is 9.47 Å². The van der Waals surface area contributed by atoms with Gasteiger partial charge in [0.25, 0.3) is 0 Å². The maximum absolute atomic E-state index is 14.2. The molecule has 50 heavy (non-hydrogen) atoms. The number of allylic oxidation sites excluding steroid dienone is 2. The molecule has 8 atom stereocenters. The molecule has 0 saturated heterocycles. The van der Waals surface area contributed by atoms with Crippen molar-refractivity contribution in [3.63, 3.8) is 0 Å². The van der Waals surface area contributed by atoms with Gasteiger partial charge in [0.15, 0.2) is 0 Å². The van der Waals surface area contributed by atoms with Crippen LogP contribution in [0.4, 0.5) is 0 Å². The number of carbonyl (C=O) groups is 3. The van der Waals surface area contributed by atoms with E-state index >= 15 is 0 Å². The Bertz CT molecular complexity index is 1540. The molecule has 1 aromatic rings. The lowest BCUT2D eigenvalue weighted by Gasteiger charge is -2.71. The van der Waals surface area contributed by atoms with E-state index < -0.39 is 11.9 Å². The Balaban J connectivity index is 1.28. The first kappa shape index (κ1) is 37.1. The lowest BCUT2D eigenvalue weighted by Crippen LogP contribution is -2.65. The third kappa shape index (κ3) is 5.67. The fourth-order valence-electron chi connectivity index (χ4n) is 12.5. The van der Waals surface area contributed by atoms with Crippen molar-refractivity contribution < 1.29 is 23.9 Å². The molecule has 0 heterocycles. The van der Waals surface area contributed by atoms with Gasteiger partial charge in [0.1, 0.15) is 6.10 Å². The standard InChI is InChI=1S/C43H64N2O5/c1-38(2)21-23-43(37(48)44-25-26-45(8)9)24-22-41(6)30(31(43)27-38)15-16-33-40(5)19-18-34(39(3,4)32(40)17-20-42(33,41)7)50-36(47)29-14-12-11-13-28(29)35(46)49-10/h11-15,31-34H,16-27H2,1-10H3,(H,44,48)/t31-,32-,33?,34-,40-,41+,42+,43-/m0/s1. The summed E-state index contributed by atoms with van der Waals surface area (Å²) >= 11 is 0. The van der Waals surface area contributed by atoms with Gasteiger partial charge in [0, 0.05) is 18.5 Å². The van der Waals surface area contributed by atoms with Gasteiger partial charge in [-0.15, -0.1) is 0 Å². The van der Waals surface area contributed by atoms with Crippen LogP contribution in [0.5, 0.6) is 0 Å². The number of esters is 2. The lowest BCUT2D eigenvalue weighted by atomic mass is 9.33. The average Bonchev–Trinajstić information content (AvgIpc) is 3.05. The fraction of sp³-hybridized carbons (Fsp3) is 0.744. The predicted molar refractivity (Wildman–Crippen MR) is 198 cm³/mol. The highest BCUT2D eigenvalue weighted by atomic mass is 16.5. The van der Waals surface area contributed by atoms with Crippen LogP contribution in [0.3, 0.4) is 0 Å². The summed E-state index contributed by atoms with van der Waals surface area (Å²) in [6.07, 6.45) is 12.7. The van der Waals surface area contributed by atoms with Gasteiger partial charge in [-0.1, -0.05) is 72.2 Å². The second-order valence-corrected chi connectivity index (χ2v) is 19.2. The SMILES string of the molecule is COC(=O)c1ccccc1C(=O)O[C@H]1CC[C@]2(C)C3CC=C4[C@@H]5CC(C)(C)CC[C@]5(C(=O)NCCN(C)C)CC[C@@]4(C)[C@]3(C)CC[C@H]2C1(C)C. The zero-order valence-electron chi connectivity index (χ0n) is 32.7. The second kappa shape index (κ2) is 12.8. The molecule has 0 aliphatic heterocycles. The van der Waals surface area contributed by atoms with Crippen molar-refractivity contribution in [3.05, 3.63) is 47.0 Å². The number of hydrogen-bond acceptors (Lipinski definition) is 6. The number of methoxy groups -OCH3 is 1. The minimum atomic E-state index is -0.528. The maximum atomic E-state index is 14.2. The molecular weight excluding hydrogens is 624 g/mol. The van der Waals surface area contributed by atoms with E-state index in [0.717, 1.165) is 70.8 Å². The first-order valence-corrected chi connectivity index (χ1v) is 19.4. The highest BCUT2D eigenvalue weighted by molar-refractivity contribution is 6.03. The summed E-state index contributed by atoms with van der Waals surface area (Å²) in [5, 5.41) is 3.40. The first-order valence-electron chi connectivity index (χ1n) is 19.4. The molecule has 1 unspecified atom stereocenters. The Morgan fingerprint density at radius 3 is 2.16 bits per heavy atom. The van der Waals surface area contributed by atoms with Crippen LogP contribution in [0.1, 0.15) is 133 Å². The van der Waals surface area contributed by atoms with Crippen molar-refractivity contribution in [2.45, 2.75) is 119 Å². The molecule has 0 aromatic heterocycles. The number of carbonyl (C=O) groups excluding carboxylic acids is 3. The van der Waals surface area contributed by atoms with Crippen LogP contribution >= 0.6 is 0 Å². The molecule has 5 aliphatic rings. The minimum absolute atomic E-state index is 0.0421. The largest absolute Gasteiger partial charge is 0.465 e. The molecule has 0 radical (unpaired) electrons. The van der Waals surface area contributed by atoms with E-state index in [1.165, 1.54) is 7.11 Å². The third-order valence-electron chi connectivity index (χ3n) is 15.7. The number of benzene rings is 1. The molecule has 1 amide bonds. The molecule has 4 saturated carbocycles. The fourth-order valence-corrected chi connectivity index (χ4v) is 12.5. The molecule has 1 N–H and O–H groups in total. The molecule has 4 fully saturated rings. The van der Waals surface area contributed by atoms with Gasteiger partial charge in [0.05, 0.1) is 23.7 Å². The quantitative estimate of drug-likeness (QED) is 0.229. The number of fused-ring (bicyclic) bond motifs is 7. The number of amides is 1. The Labute approximate surface area is 301 Å². The van der Waals surface area contributed by atoms with Crippen LogP contribution in [0, 0.1) is 50.2 Å². The van der Waals surface area contributed by atoms with Crippen molar-refractivity contribution in [3.8, 4) is 0 Å². The molecule has 7 nitrogen and oxygen atoms in total. The number of rotatable bonds is 7. The van der Waals surface area contributed by atoms with Crippen molar-refractivity contribution in [1.29, 1.82) is 0 Å². The second-order valence-electron chi connectivity index (χ2n) is 19.2. The van der Waals surface area contributed by atoms with Gasteiger partial charge in [-0.25, -0.2) is 9.59 Å². The van der Waals surface area contributed by atoms with Crippen molar-refractivity contribution in [2.75, 3.05) is 34.3 Å². The molecule has 0 bridgehead atoms. The van der Waals surface area contributed by atoms with Crippen LogP contribution < -0.4 is 5.32 Å². The molecule has 7 heteroatoms. The summed E-state index contributed by atoms with van der Waals surface area (Å²) in [4.78, 5) is 42.5. The van der Waals surface area contributed by atoms with Gasteiger partial charge in [-0.3, -0.25) is 4.79 Å². The summed E-state index contributed by atoms with van der Waals surface area (Å²) in [5.41, 5.74) is 2.04. The summed E-state index contributed by atoms with van der Waals surface area (Å²) < 4.78 is 11.3. The van der Waals surface area contributed by atoms with Crippen molar-refractivity contribution in [2.24, 2.45) is 50.2 Å². The molecule has 5 aliphatic carbocycles. The number of ether oxygens (including phenoxy) is 2. The van der Waals surface area contributed by atoms with Crippen molar-refractivity contribution >= 4 is 17.8 Å². The van der Waals surface area contributed by atoms with E-state index in [1.807, 2.05) is 0 Å². The minimum Gasteiger partial charge on any atom is -0.465 e. The summed E-state index contributed by atoms with van der Waals surface area (Å²) in [6.45, 7) is 18.7. The van der Waals surface area contributed by atoms with Gasteiger partial charge >= 0.3 is 11.9 Å². The maximum Gasteiger partial charge on any atom is 0.339 e. The monoisotopic (exact) mass is 688 g/mol. The van der Waals surface area contributed by atoms with Gasteiger partial charge < -0.3 is 19.7 Å². The first-order chi connectivity index (χ1) is 23.4. The normalized spacial score (nSPS) is 38.3. The molecular formula is C43H64N2O5. The van der Waals surface area contributed by atoms with Crippen molar-refractivity contribution in [1.82, 2.24) is 10.2 Å². The summed E-state index contributed by atoms with van der Waals surface area (Å²) in [7, 11) is 5.46. The third-order valence-corrected chi connectivity index (χ3v) is 15.7. The van der Waals surface area contributed by atoms with E-state index in [1.54, 1.807) is 29.8 Å². The number of hydrogen-bond donors (Lipinski definition) is 1. The van der Waals surface area contributed by atoms with Gasteiger partial charge in [-0.2, -0.15) is 0 Å². The Morgan fingerprint density at radius 1 is 0.840 bits per heavy atom. The lowest BCUT2D eigenvalue weighted by molar-refractivity contribution is -0.204. The Hall–Kier alpha value is -2.67. The van der Waals surface area contributed by atoms with Crippen LogP contribution in [-0.4, -0.2) is 63.1 Å².